The van der Waals surface area contributed by atoms with Crippen LogP contribution in [-0.2, 0) is 9.59 Å². The number of hydrogen-bond acceptors (Lipinski definition) is 2. The van der Waals surface area contributed by atoms with Crippen LogP contribution in [0.5, 0.6) is 0 Å². The van der Waals surface area contributed by atoms with Gasteiger partial charge in [0.1, 0.15) is 0 Å². The maximum atomic E-state index is 11.0. The van der Waals surface area contributed by atoms with Crippen LogP contribution in [0.2, 0.25) is 0 Å². The van der Waals surface area contributed by atoms with Crippen LogP contribution < -0.4 is 0 Å². The molecule has 0 saturated carbocycles. The summed E-state index contributed by atoms with van der Waals surface area (Å²) in [6, 6.07) is 7.07. The summed E-state index contributed by atoms with van der Waals surface area (Å²) in [6.45, 7) is 4.09. The number of carboxylic acid groups (broad SMARTS) is 2. The number of carboxylic acids is 2. The summed E-state index contributed by atoms with van der Waals surface area (Å²) in [5, 5.41) is 17.7. The van der Waals surface area contributed by atoms with Gasteiger partial charge < -0.3 is 10.2 Å². The first-order valence-electron chi connectivity index (χ1n) is 5.46. The number of rotatable bonds is 5. The molecule has 17 heavy (non-hydrogen) atoms. The molecular formula is C13H16O4. The van der Waals surface area contributed by atoms with Gasteiger partial charge in [0.05, 0.1) is 12.3 Å². The van der Waals surface area contributed by atoms with Gasteiger partial charge in [0.2, 0.25) is 0 Å². The average Bonchev–Trinajstić information content (AvgIpc) is 2.25. The Hall–Kier alpha value is -1.84. The van der Waals surface area contributed by atoms with E-state index in [9.17, 15) is 9.59 Å². The highest BCUT2D eigenvalue weighted by Gasteiger charge is 2.22. The lowest BCUT2D eigenvalue weighted by molar-refractivity contribution is -0.145. The van der Waals surface area contributed by atoms with E-state index in [1.807, 2.05) is 26.0 Å². The minimum absolute atomic E-state index is 0.367. The van der Waals surface area contributed by atoms with Crippen LogP contribution in [0.4, 0.5) is 0 Å². The van der Waals surface area contributed by atoms with Crippen molar-refractivity contribution in [1.29, 1.82) is 0 Å². The van der Waals surface area contributed by atoms with Gasteiger partial charge in [-0.3, -0.25) is 9.59 Å². The van der Waals surface area contributed by atoms with Crippen molar-refractivity contribution in [2.24, 2.45) is 0 Å². The average molecular weight is 236 g/mol. The lowest BCUT2D eigenvalue weighted by Gasteiger charge is -2.12. The second-order valence-corrected chi connectivity index (χ2v) is 4.31. The monoisotopic (exact) mass is 236 g/mol. The molecule has 1 unspecified atom stereocenters. The first-order chi connectivity index (χ1) is 7.91. The van der Waals surface area contributed by atoms with Crippen molar-refractivity contribution < 1.29 is 19.8 Å². The van der Waals surface area contributed by atoms with E-state index < -0.39 is 24.3 Å². The first kappa shape index (κ1) is 13.2. The topological polar surface area (TPSA) is 74.6 Å². The molecule has 0 spiro atoms. The van der Waals surface area contributed by atoms with Crippen LogP contribution in [0.25, 0.3) is 0 Å². The smallest absolute Gasteiger partial charge is 0.311 e. The van der Waals surface area contributed by atoms with Gasteiger partial charge in [0, 0.05) is 0 Å². The minimum atomic E-state index is -1.11. The maximum absolute atomic E-state index is 11.0. The Morgan fingerprint density at radius 2 is 1.53 bits per heavy atom. The predicted octanol–water partition coefficient (Wildman–Crippen LogP) is 2.45. The molecule has 1 aromatic carbocycles. The molecule has 1 rings (SSSR count). The number of carbonyl (C=O) groups is 2. The van der Waals surface area contributed by atoms with Gasteiger partial charge in [-0.2, -0.15) is 0 Å². The molecule has 2 N–H and O–H groups in total. The fourth-order valence-electron chi connectivity index (χ4n) is 1.64. The molecule has 0 amide bonds. The second kappa shape index (κ2) is 5.48. The number of benzene rings is 1. The molecule has 0 fully saturated rings. The Morgan fingerprint density at radius 3 is 1.88 bits per heavy atom. The second-order valence-electron chi connectivity index (χ2n) is 4.31. The Labute approximate surface area is 99.9 Å². The lowest BCUT2D eigenvalue weighted by atomic mass is 9.93. The third-order valence-electron chi connectivity index (χ3n) is 2.68. The van der Waals surface area contributed by atoms with E-state index in [0.717, 1.165) is 5.56 Å². The molecule has 0 aromatic heterocycles. The number of hydrogen-bond donors (Lipinski definition) is 2. The summed E-state index contributed by atoms with van der Waals surface area (Å²) < 4.78 is 0. The maximum Gasteiger partial charge on any atom is 0.311 e. The van der Waals surface area contributed by atoms with E-state index in [2.05, 4.69) is 0 Å². The normalized spacial score (nSPS) is 12.4. The largest absolute Gasteiger partial charge is 0.481 e. The molecule has 0 bridgehead atoms. The molecule has 0 heterocycles. The molecule has 0 radical (unpaired) electrons. The van der Waals surface area contributed by atoms with Crippen LogP contribution in [0.3, 0.4) is 0 Å². The Kier molecular flexibility index (Phi) is 4.26. The van der Waals surface area contributed by atoms with Crippen LogP contribution in [-0.4, -0.2) is 22.2 Å². The fourth-order valence-corrected chi connectivity index (χ4v) is 1.64. The zero-order valence-electron chi connectivity index (χ0n) is 9.88. The molecule has 4 heteroatoms. The highest BCUT2D eigenvalue weighted by Crippen LogP contribution is 2.23. The summed E-state index contributed by atoms with van der Waals surface area (Å²) in [4.78, 5) is 21.6. The van der Waals surface area contributed by atoms with Gasteiger partial charge >= 0.3 is 11.9 Å². The molecule has 0 saturated heterocycles. The van der Waals surface area contributed by atoms with Crippen molar-refractivity contribution in [3.05, 3.63) is 35.4 Å². The van der Waals surface area contributed by atoms with Crippen LogP contribution in [0.1, 0.15) is 43.2 Å². The quantitative estimate of drug-likeness (QED) is 0.823. The van der Waals surface area contributed by atoms with Crippen molar-refractivity contribution in [2.45, 2.75) is 32.1 Å². The van der Waals surface area contributed by atoms with E-state index >= 15 is 0 Å². The van der Waals surface area contributed by atoms with Crippen molar-refractivity contribution >= 4 is 11.9 Å². The van der Waals surface area contributed by atoms with Crippen LogP contribution in [0, 0.1) is 0 Å². The van der Waals surface area contributed by atoms with Crippen molar-refractivity contribution in [2.75, 3.05) is 0 Å². The highest BCUT2D eigenvalue weighted by molar-refractivity contribution is 5.82. The lowest BCUT2D eigenvalue weighted by Crippen LogP contribution is -2.15. The minimum Gasteiger partial charge on any atom is -0.481 e. The Morgan fingerprint density at radius 1 is 1.06 bits per heavy atom. The molecule has 1 aromatic rings. The summed E-state index contributed by atoms with van der Waals surface area (Å²) in [5.41, 5.74) is 1.64. The molecule has 92 valence electrons. The third kappa shape index (κ3) is 3.59. The van der Waals surface area contributed by atoms with Gasteiger partial charge in [0.25, 0.3) is 0 Å². The highest BCUT2D eigenvalue weighted by atomic mass is 16.4. The molecule has 0 aliphatic carbocycles. The summed E-state index contributed by atoms with van der Waals surface area (Å²) in [7, 11) is 0. The Bertz CT molecular complexity index is 406. The summed E-state index contributed by atoms with van der Waals surface area (Å²) in [6.07, 6.45) is -0.393. The number of aliphatic carboxylic acids is 2. The first-order valence-corrected chi connectivity index (χ1v) is 5.46. The third-order valence-corrected chi connectivity index (χ3v) is 2.68. The van der Waals surface area contributed by atoms with Gasteiger partial charge in [-0.15, -0.1) is 0 Å². The van der Waals surface area contributed by atoms with Crippen molar-refractivity contribution in [1.82, 2.24) is 0 Å². The van der Waals surface area contributed by atoms with Gasteiger partial charge in [0.15, 0.2) is 0 Å². The van der Waals surface area contributed by atoms with Gasteiger partial charge in [-0.05, 0) is 17.0 Å². The molecule has 0 aliphatic rings. The summed E-state index contributed by atoms with van der Waals surface area (Å²) >= 11 is 0. The van der Waals surface area contributed by atoms with Gasteiger partial charge in [-0.1, -0.05) is 38.1 Å². The zero-order chi connectivity index (χ0) is 13.0. The van der Waals surface area contributed by atoms with E-state index in [0.29, 0.717) is 11.5 Å². The van der Waals surface area contributed by atoms with Crippen molar-refractivity contribution in [3.8, 4) is 0 Å². The van der Waals surface area contributed by atoms with Gasteiger partial charge in [-0.25, -0.2) is 0 Å². The molecule has 0 aliphatic heterocycles. The van der Waals surface area contributed by atoms with E-state index in [1.165, 1.54) is 0 Å². The van der Waals surface area contributed by atoms with E-state index in [-0.39, 0.29) is 0 Å². The van der Waals surface area contributed by atoms with E-state index in [4.69, 9.17) is 10.2 Å². The standard InChI is InChI=1S/C13H16O4/c1-8(2)9-3-5-10(6-4-9)11(13(16)17)7-12(14)15/h3-6,8,11H,7H2,1-2H3,(H,14,15)(H,16,17). The Balaban J connectivity index is 2.95. The molecule has 1 atom stereocenters. The molecule has 4 nitrogen and oxygen atoms in total. The van der Waals surface area contributed by atoms with E-state index in [1.54, 1.807) is 12.1 Å². The zero-order valence-corrected chi connectivity index (χ0v) is 9.88. The van der Waals surface area contributed by atoms with Crippen LogP contribution >= 0.6 is 0 Å². The SMILES string of the molecule is CC(C)c1ccc(C(CC(=O)O)C(=O)O)cc1. The fraction of sp³-hybridized carbons (Fsp3) is 0.385. The van der Waals surface area contributed by atoms with Crippen LogP contribution in [0.15, 0.2) is 24.3 Å². The van der Waals surface area contributed by atoms with Crippen molar-refractivity contribution in [3.63, 3.8) is 0 Å². The predicted molar refractivity (Wildman–Crippen MR) is 63.2 cm³/mol. The molecular weight excluding hydrogens is 220 g/mol. The summed E-state index contributed by atoms with van der Waals surface area (Å²) in [5.74, 6) is -2.82.